The molecule has 0 aliphatic carbocycles. The molecule has 0 spiro atoms. The van der Waals surface area contributed by atoms with Gasteiger partial charge < -0.3 is 21.6 Å². The minimum atomic E-state index is -0.277. The maximum Gasteiger partial charge on any atom is 0.236 e. The highest BCUT2D eigenvalue weighted by Crippen LogP contribution is 1.93. The molecule has 0 aliphatic rings. The van der Waals surface area contributed by atoms with E-state index in [-0.39, 0.29) is 23.7 Å². The topological polar surface area (TPSA) is 99.7 Å². The number of amidine groups is 1. The predicted octanol–water partition coefficient (Wildman–Crippen LogP) is -0.127. The summed E-state index contributed by atoms with van der Waals surface area (Å²) in [5.41, 5.74) is 5.42. The summed E-state index contributed by atoms with van der Waals surface area (Å²) in [5, 5.41) is 17.2. The molecule has 0 fully saturated rings. The van der Waals surface area contributed by atoms with Crippen molar-refractivity contribution in [2.75, 3.05) is 13.1 Å². The molecule has 2 unspecified atom stereocenters. The van der Waals surface area contributed by atoms with Crippen LogP contribution in [-0.4, -0.2) is 36.1 Å². The first-order valence-corrected chi connectivity index (χ1v) is 5.51. The summed E-state index contributed by atoms with van der Waals surface area (Å²) < 4.78 is 0. The maximum atomic E-state index is 11.5. The van der Waals surface area contributed by atoms with Gasteiger partial charge in [-0.25, -0.2) is 0 Å². The van der Waals surface area contributed by atoms with E-state index >= 15 is 0 Å². The van der Waals surface area contributed by atoms with E-state index in [0.717, 1.165) is 6.42 Å². The molecule has 0 radical (unpaired) electrons. The van der Waals surface area contributed by atoms with Crippen LogP contribution in [0.25, 0.3) is 0 Å². The number of rotatable bonds is 7. The fourth-order valence-corrected chi connectivity index (χ4v) is 1.05. The van der Waals surface area contributed by atoms with E-state index in [0.29, 0.717) is 13.1 Å². The van der Waals surface area contributed by atoms with Crippen LogP contribution < -0.4 is 16.4 Å². The van der Waals surface area contributed by atoms with Gasteiger partial charge in [-0.15, -0.1) is 0 Å². The normalized spacial score (nSPS) is 15.6. The van der Waals surface area contributed by atoms with Gasteiger partial charge in [-0.05, 0) is 13.3 Å². The predicted molar refractivity (Wildman–Crippen MR) is 63.3 cm³/mol. The summed E-state index contributed by atoms with van der Waals surface area (Å²) in [7, 11) is 0. The van der Waals surface area contributed by atoms with Crippen LogP contribution in [0.4, 0.5) is 0 Å². The SMILES string of the molecule is CCCNC(=O)C(C)NCC(C)C(N)=NO. The van der Waals surface area contributed by atoms with Gasteiger partial charge in [0.2, 0.25) is 5.91 Å². The molecule has 0 saturated carbocycles. The smallest absolute Gasteiger partial charge is 0.236 e. The molecule has 0 aromatic rings. The van der Waals surface area contributed by atoms with E-state index in [4.69, 9.17) is 10.9 Å². The quantitative estimate of drug-likeness (QED) is 0.212. The summed E-state index contributed by atoms with van der Waals surface area (Å²) in [6.07, 6.45) is 0.916. The average molecular weight is 230 g/mol. The molecule has 0 saturated heterocycles. The number of hydrogen-bond acceptors (Lipinski definition) is 4. The Morgan fingerprint density at radius 3 is 2.62 bits per heavy atom. The number of carbonyl (C=O) groups is 1. The van der Waals surface area contributed by atoms with E-state index in [9.17, 15) is 4.79 Å². The molecule has 0 aromatic carbocycles. The van der Waals surface area contributed by atoms with Crippen LogP contribution in [0, 0.1) is 5.92 Å². The van der Waals surface area contributed by atoms with E-state index < -0.39 is 0 Å². The zero-order chi connectivity index (χ0) is 12.6. The standard InChI is InChI=1S/C10H22N4O2/c1-4-5-12-10(15)8(3)13-6-7(2)9(11)14-16/h7-8,13,16H,4-6H2,1-3H3,(H2,11,14)(H,12,15). The molecule has 2 atom stereocenters. The lowest BCUT2D eigenvalue weighted by Crippen LogP contribution is -2.45. The maximum absolute atomic E-state index is 11.5. The molecule has 1 amide bonds. The molecule has 6 heteroatoms. The Morgan fingerprint density at radius 2 is 2.12 bits per heavy atom. The van der Waals surface area contributed by atoms with E-state index in [2.05, 4.69) is 15.8 Å². The lowest BCUT2D eigenvalue weighted by molar-refractivity contribution is -0.122. The van der Waals surface area contributed by atoms with Crippen LogP contribution in [0.3, 0.4) is 0 Å². The molecular weight excluding hydrogens is 208 g/mol. The van der Waals surface area contributed by atoms with Crippen molar-refractivity contribution in [3.05, 3.63) is 0 Å². The molecule has 5 N–H and O–H groups in total. The van der Waals surface area contributed by atoms with E-state index in [1.165, 1.54) is 0 Å². The Kier molecular flexibility index (Phi) is 7.28. The van der Waals surface area contributed by atoms with Crippen molar-refractivity contribution in [2.24, 2.45) is 16.8 Å². The van der Waals surface area contributed by atoms with Crippen LogP contribution in [-0.2, 0) is 4.79 Å². The fraction of sp³-hybridized carbons (Fsp3) is 0.800. The molecule has 0 bridgehead atoms. The summed E-state index contributed by atoms with van der Waals surface area (Å²) in [5.74, 6) is 0.0219. The van der Waals surface area contributed by atoms with Crippen LogP contribution >= 0.6 is 0 Å². The molecule has 0 rings (SSSR count). The second-order valence-electron chi connectivity index (χ2n) is 3.85. The highest BCUT2D eigenvalue weighted by Gasteiger charge is 2.14. The third kappa shape index (κ3) is 5.55. The largest absolute Gasteiger partial charge is 0.409 e. The summed E-state index contributed by atoms with van der Waals surface area (Å²) >= 11 is 0. The monoisotopic (exact) mass is 230 g/mol. The molecular formula is C10H22N4O2. The molecule has 0 aromatic heterocycles. The van der Waals surface area contributed by atoms with Gasteiger partial charge in [0.05, 0.1) is 6.04 Å². The Bertz CT molecular complexity index is 243. The second-order valence-corrected chi connectivity index (χ2v) is 3.85. The lowest BCUT2D eigenvalue weighted by atomic mass is 10.1. The van der Waals surface area contributed by atoms with Crippen molar-refractivity contribution >= 4 is 11.7 Å². The Balaban J connectivity index is 3.88. The van der Waals surface area contributed by atoms with Gasteiger partial charge >= 0.3 is 0 Å². The van der Waals surface area contributed by atoms with Crippen LogP contribution in [0.1, 0.15) is 27.2 Å². The van der Waals surface area contributed by atoms with Crippen molar-refractivity contribution in [1.82, 2.24) is 10.6 Å². The van der Waals surface area contributed by atoms with Gasteiger partial charge in [0.25, 0.3) is 0 Å². The first-order chi connectivity index (χ1) is 7.52. The number of amides is 1. The number of oxime groups is 1. The van der Waals surface area contributed by atoms with Crippen molar-refractivity contribution in [3.8, 4) is 0 Å². The summed E-state index contributed by atoms with van der Waals surface area (Å²) in [6.45, 7) is 6.78. The van der Waals surface area contributed by atoms with Gasteiger partial charge in [0, 0.05) is 19.0 Å². The van der Waals surface area contributed by atoms with Crippen molar-refractivity contribution in [3.63, 3.8) is 0 Å². The number of nitrogens with one attached hydrogen (secondary N) is 2. The minimum absolute atomic E-state index is 0.0337. The van der Waals surface area contributed by atoms with Crippen LogP contribution in [0.5, 0.6) is 0 Å². The average Bonchev–Trinajstić information content (AvgIpc) is 2.31. The van der Waals surface area contributed by atoms with Gasteiger partial charge in [-0.1, -0.05) is 19.0 Å². The number of hydrogen-bond donors (Lipinski definition) is 4. The van der Waals surface area contributed by atoms with Crippen LogP contribution in [0.2, 0.25) is 0 Å². The molecule has 6 nitrogen and oxygen atoms in total. The van der Waals surface area contributed by atoms with Crippen molar-refractivity contribution < 1.29 is 10.0 Å². The molecule has 94 valence electrons. The molecule has 0 aliphatic heterocycles. The highest BCUT2D eigenvalue weighted by atomic mass is 16.4. The van der Waals surface area contributed by atoms with Crippen LogP contribution in [0.15, 0.2) is 5.16 Å². The Labute approximate surface area is 96.3 Å². The summed E-state index contributed by atoms with van der Waals surface area (Å²) in [6, 6.07) is -0.277. The Hall–Kier alpha value is -1.30. The van der Waals surface area contributed by atoms with Gasteiger partial charge in [0.15, 0.2) is 0 Å². The number of nitrogens with zero attached hydrogens (tertiary/aromatic N) is 1. The highest BCUT2D eigenvalue weighted by molar-refractivity contribution is 5.83. The van der Waals surface area contributed by atoms with Gasteiger partial charge in [-0.2, -0.15) is 0 Å². The van der Waals surface area contributed by atoms with Gasteiger partial charge in [-0.3, -0.25) is 4.79 Å². The number of carbonyl (C=O) groups excluding carboxylic acids is 1. The van der Waals surface area contributed by atoms with E-state index in [1.807, 2.05) is 13.8 Å². The molecule has 0 heterocycles. The second kappa shape index (κ2) is 7.92. The van der Waals surface area contributed by atoms with E-state index in [1.54, 1.807) is 6.92 Å². The van der Waals surface area contributed by atoms with Crippen molar-refractivity contribution in [2.45, 2.75) is 33.2 Å². The molecule has 16 heavy (non-hydrogen) atoms. The zero-order valence-corrected chi connectivity index (χ0v) is 10.2. The zero-order valence-electron chi connectivity index (χ0n) is 10.2. The fourth-order valence-electron chi connectivity index (χ4n) is 1.05. The van der Waals surface area contributed by atoms with Crippen molar-refractivity contribution in [1.29, 1.82) is 0 Å². The lowest BCUT2D eigenvalue weighted by Gasteiger charge is -2.16. The first kappa shape index (κ1) is 14.7. The Morgan fingerprint density at radius 1 is 1.50 bits per heavy atom. The third-order valence-corrected chi connectivity index (χ3v) is 2.29. The first-order valence-electron chi connectivity index (χ1n) is 5.51. The van der Waals surface area contributed by atoms with Gasteiger partial charge in [0.1, 0.15) is 5.84 Å². The number of nitrogens with two attached hydrogens (primary N) is 1. The minimum Gasteiger partial charge on any atom is -0.409 e. The summed E-state index contributed by atoms with van der Waals surface area (Å²) in [4.78, 5) is 11.5. The third-order valence-electron chi connectivity index (χ3n) is 2.29.